The lowest BCUT2D eigenvalue weighted by Gasteiger charge is -2.20. The lowest BCUT2D eigenvalue weighted by molar-refractivity contribution is -0.144. The smallest absolute Gasteiger partial charge is 0.333 e. The lowest BCUT2D eigenvalue weighted by Crippen LogP contribution is -2.22. The van der Waals surface area contributed by atoms with E-state index in [1.165, 1.54) is 33.9 Å². The number of benzene rings is 2. The highest BCUT2D eigenvalue weighted by Crippen LogP contribution is 2.35. The Morgan fingerprint density at radius 1 is 0.771 bits per heavy atom. The fourth-order valence-corrected chi connectivity index (χ4v) is 5.88. The average molecular weight is 498 g/mol. The van der Waals surface area contributed by atoms with Crippen LogP contribution in [0.4, 0.5) is 0 Å². The molecule has 3 rings (SSSR count). The van der Waals surface area contributed by atoms with E-state index >= 15 is 0 Å². The maximum atomic E-state index is 12.5. The average Bonchev–Trinajstić information content (AvgIpc) is 3.15. The van der Waals surface area contributed by atoms with Gasteiger partial charge in [-0.1, -0.05) is 48.5 Å². The topological polar surface area (TPSA) is 78.2 Å². The summed E-state index contributed by atoms with van der Waals surface area (Å²) in [4.78, 5) is 22.0. The van der Waals surface area contributed by atoms with Gasteiger partial charge in [-0.25, -0.2) is 4.79 Å². The van der Waals surface area contributed by atoms with Crippen molar-refractivity contribution in [3.8, 4) is 11.8 Å². The number of hydrogen-bond acceptors (Lipinski definition) is 6. The number of rotatable bonds is 12. The molecule has 0 bridgehead atoms. The van der Waals surface area contributed by atoms with Gasteiger partial charge in [0.15, 0.2) is 0 Å². The number of likely N-dealkylation sites (N-methyl/N-ethyl adjacent to an activating group) is 2. The van der Waals surface area contributed by atoms with Crippen LogP contribution in [0.1, 0.15) is 17.5 Å². The van der Waals surface area contributed by atoms with Crippen molar-refractivity contribution in [3.05, 3.63) is 71.8 Å². The number of aromatic hydroxyl groups is 2. The second-order valence-electron chi connectivity index (χ2n) is 9.15. The summed E-state index contributed by atoms with van der Waals surface area (Å²) >= 11 is 0. The van der Waals surface area contributed by atoms with Crippen molar-refractivity contribution in [2.75, 3.05) is 47.4 Å². The minimum atomic E-state index is -0.786. The Morgan fingerprint density at radius 3 is 1.60 bits per heavy atom. The van der Waals surface area contributed by atoms with Gasteiger partial charge >= 0.3 is 5.97 Å². The van der Waals surface area contributed by atoms with Crippen LogP contribution in [0.2, 0.25) is 0 Å². The van der Waals surface area contributed by atoms with Gasteiger partial charge in [0.1, 0.15) is 0 Å². The molecule has 2 N–H and O–H groups in total. The number of carbonyl (C=O) groups is 1. The summed E-state index contributed by atoms with van der Waals surface area (Å²) in [6, 6.07) is 19.9. The summed E-state index contributed by atoms with van der Waals surface area (Å²) in [7, 11) is 7.50. The van der Waals surface area contributed by atoms with Gasteiger partial charge in [0.25, 0.3) is 0 Å². The standard InChI is InChI=1S/C27H36N3O4P/c1-28(2)18-15-21-5-9-23(10-6-21)35(24-11-7-22(8-12-24)16-19-29(3)4)20-17-27(33)34-30-25(31)13-14-26(30)32/h5-14,31-32H,15-20H2,1-4H3. The van der Waals surface area contributed by atoms with E-state index in [9.17, 15) is 15.0 Å². The van der Waals surface area contributed by atoms with Gasteiger partial charge in [0.2, 0.25) is 11.8 Å². The molecule has 0 spiro atoms. The van der Waals surface area contributed by atoms with Crippen molar-refractivity contribution in [1.29, 1.82) is 0 Å². The van der Waals surface area contributed by atoms with E-state index in [1.807, 2.05) is 0 Å². The molecule has 0 saturated carbocycles. The molecule has 0 radical (unpaired) electrons. The largest absolute Gasteiger partial charge is 0.492 e. The quantitative estimate of drug-likeness (QED) is 0.375. The molecule has 0 amide bonds. The Kier molecular flexibility index (Phi) is 9.73. The zero-order chi connectivity index (χ0) is 25.4. The van der Waals surface area contributed by atoms with E-state index in [1.54, 1.807) is 0 Å². The third kappa shape index (κ3) is 8.10. The van der Waals surface area contributed by atoms with Crippen LogP contribution in [0, 0.1) is 0 Å². The number of carbonyl (C=O) groups excluding carboxylic acids is 1. The zero-order valence-electron chi connectivity index (χ0n) is 21.0. The van der Waals surface area contributed by atoms with E-state index in [4.69, 9.17) is 4.84 Å². The molecule has 35 heavy (non-hydrogen) atoms. The van der Waals surface area contributed by atoms with E-state index in [0.29, 0.717) is 6.16 Å². The third-order valence-electron chi connectivity index (χ3n) is 5.72. The van der Waals surface area contributed by atoms with Gasteiger partial charge in [0, 0.05) is 25.2 Å². The number of aromatic nitrogens is 1. The number of nitrogens with zero attached hydrogens (tertiary/aromatic N) is 3. The highest BCUT2D eigenvalue weighted by atomic mass is 31.1. The van der Waals surface area contributed by atoms with Crippen LogP contribution in [-0.2, 0) is 17.6 Å². The van der Waals surface area contributed by atoms with E-state index < -0.39 is 13.9 Å². The molecule has 8 heteroatoms. The monoisotopic (exact) mass is 497 g/mol. The molecule has 1 aromatic heterocycles. The predicted octanol–water partition coefficient (Wildman–Crippen LogP) is 2.59. The maximum absolute atomic E-state index is 12.5. The second kappa shape index (κ2) is 12.7. The van der Waals surface area contributed by atoms with Crippen molar-refractivity contribution in [2.45, 2.75) is 19.3 Å². The summed E-state index contributed by atoms with van der Waals surface area (Å²) in [5, 5.41) is 21.9. The van der Waals surface area contributed by atoms with Crippen molar-refractivity contribution in [1.82, 2.24) is 14.5 Å². The molecule has 0 aliphatic carbocycles. The van der Waals surface area contributed by atoms with Gasteiger partial charge in [-0.3, -0.25) is 0 Å². The van der Waals surface area contributed by atoms with E-state index in [2.05, 4.69) is 86.5 Å². The Bertz CT molecular complexity index is 1000. The molecule has 2 aromatic carbocycles. The van der Waals surface area contributed by atoms with Crippen LogP contribution in [0.25, 0.3) is 0 Å². The first-order valence-corrected chi connectivity index (χ1v) is 13.3. The molecule has 0 aliphatic rings. The minimum absolute atomic E-state index is 0.160. The van der Waals surface area contributed by atoms with Gasteiger partial charge in [-0.05, 0) is 76.9 Å². The summed E-state index contributed by atoms with van der Waals surface area (Å²) in [5.74, 6) is -1.15. The van der Waals surface area contributed by atoms with Crippen LogP contribution in [0.15, 0.2) is 60.7 Å². The van der Waals surface area contributed by atoms with Gasteiger partial charge < -0.3 is 24.9 Å². The normalized spacial score (nSPS) is 11.5. The molecule has 0 aliphatic heterocycles. The fraction of sp³-hybridized carbons (Fsp3) is 0.370. The molecular weight excluding hydrogens is 461 g/mol. The first kappa shape index (κ1) is 26.7. The minimum Gasteiger partial charge on any atom is -0.492 e. The highest BCUT2D eigenvalue weighted by molar-refractivity contribution is 7.73. The molecular formula is C27H36N3O4P. The Balaban J connectivity index is 1.75. The fourth-order valence-electron chi connectivity index (χ4n) is 3.64. The molecule has 7 nitrogen and oxygen atoms in total. The SMILES string of the molecule is CN(C)CCc1ccc(P(CCC(=O)On2c(O)ccc2O)c2ccc(CCN(C)C)cc2)cc1. The Hall–Kier alpha value is -2.86. The van der Waals surface area contributed by atoms with Crippen LogP contribution < -0.4 is 15.4 Å². The molecule has 3 aromatic rings. The molecule has 1 heterocycles. The van der Waals surface area contributed by atoms with E-state index in [-0.39, 0.29) is 18.2 Å². The van der Waals surface area contributed by atoms with Crippen molar-refractivity contribution in [2.24, 2.45) is 0 Å². The first-order chi connectivity index (χ1) is 16.7. The second-order valence-corrected chi connectivity index (χ2v) is 11.5. The number of hydrogen-bond donors (Lipinski definition) is 2. The van der Waals surface area contributed by atoms with E-state index in [0.717, 1.165) is 30.7 Å². The van der Waals surface area contributed by atoms with Gasteiger partial charge in [-0.15, -0.1) is 4.73 Å². The molecule has 188 valence electrons. The molecule has 0 fully saturated rings. The van der Waals surface area contributed by atoms with Crippen LogP contribution >= 0.6 is 7.92 Å². The highest BCUT2D eigenvalue weighted by Gasteiger charge is 2.18. The first-order valence-electron chi connectivity index (χ1n) is 11.8. The van der Waals surface area contributed by atoms with Gasteiger partial charge in [-0.2, -0.15) is 0 Å². The van der Waals surface area contributed by atoms with Crippen molar-refractivity contribution >= 4 is 24.5 Å². The lowest BCUT2D eigenvalue weighted by atomic mass is 10.1. The maximum Gasteiger partial charge on any atom is 0.333 e. The van der Waals surface area contributed by atoms with Crippen LogP contribution in [-0.4, -0.2) is 78.2 Å². The molecule has 0 saturated heterocycles. The predicted molar refractivity (Wildman–Crippen MR) is 142 cm³/mol. The summed E-state index contributed by atoms with van der Waals surface area (Å²) < 4.78 is 0.740. The van der Waals surface area contributed by atoms with Crippen LogP contribution in [0.5, 0.6) is 11.8 Å². The summed E-state index contributed by atoms with van der Waals surface area (Å²) in [5.41, 5.74) is 2.57. The summed E-state index contributed by atoms with van der Waals surface area (Å²) in [6.07, 6.45) is 2.74. The molecule has 0 unspecified atom stereocenters. The third-order valence-corrected chi connectivity index (χ3v) is 8.24. The summed E-state index contributed by atoms with van der Waals surface area (Å²) in [6.45, 7) is 1.99. The Morgan fingerprint density at radius 2 is 1.20 bits per heavy atom. The zero-order valence-corrected chi connectivity index (χ0v) is 21.9. The molecule has 0 atom stereocenters. The van der Waals surface area contributed by atoms with Crippen molar-refractivity contribution < 1.29 is 19.8 Å². The van der Waals surface area contributed by atoms with Gasteiger partial charge in [0.05, 0.1) is 6.42 Å². The van der Waals surface area contributed by atoms with Crippen molar-refractivity contribution in [3.63, 3.8) is 0 Å². The Labute approximate surface area is 209 Å². The van der Waals surface area contributed by atoms with Crippen LogP contribution in [0.3, 0.4) is 0 Å².